The molecular weight excluding hydrogens is 272 g/mol. The van der Waals surface area contributed by atoms with Crippen molar-refractivity contribution < 1.29 is 13.6 Å². The van der Waals surface area contributed by atoms with E-state index in [1.807, 2.05) is 0 Å². The van der Waals surface area contributed by atoms with Gasteiger partial charge in [0.1, 0.15) is 11.6 Å². The Morgan fingerprint density at radius 2 is 1.81 bits per heavy atom. The standard InChI is InChI=1S/C17H15F2NO/c1-12(14-6-8-15(18)9-7-14)20-17(21)10-5-13-3-2-4-16(19)11-13/h2-12H,1H3,(H,20,21)/b10-5+/t12-/m1/s1. The number of halogens is 2. The van der Waals surface area contributed by atoms with E-state index in [-0.39, 0.29) is 23.6 Å². The molecule has 0 fully saturated rings. The minimum atomic E-state index is -0.350. The third-order valence-corrected chi connectivity index (χ3v) is 3.00. The Bertz CT molecular complexity index is 650. The van der Waals surface area contributed by atoms with Gasteiger partial charge < -0.3 is 5.32 Å². The monoisotopic (exact) mass is 287 g/mol. The average Bonchev–Trinajstić information content (AvgIpc) is 2.46. The van der Waals surface area contributed by atoms with Gasteiger partial charge in [-0.25, -0.2) is 8.78 Å². The van der Waals surface area contributed by atoms with E-state index >= 15 is 0 Å². The maximum absolute atomic E-state index is 13.0. The second-order valence-electron chi connectivity index (χ2n) is 4.67. The van der Waals surface area contributed by atoms with E-state index in [4.69, 9.17) is 0 Å². The highest BCUT2D eigenvalue weighted by molar-refractivity contribution is 5.91. The summed E-state index contributed by atoms with van der Waals surface area (Å²) in [5, 5.41) is 2.76. The van der Waals surface area contributed by atoms with Gasteiger partial charge in [-0.1, -0.05) is 24.3 Å². The molecule has 0 aliphatic carbocycles. The second-order valence-corrected chi connectivity index (χ2v) is 4.67. The Morgan fingerprint density at radius 1 is 1.10 bits per heavy atom. The second kappa shape index (κ2) is 6.79. The SMILES string of the molecule is C[C@@H](NC(=O)/C=C/c1cccc(F)c1)c1ccc(F)cc1. The summed E-state index contributed by atoms with van der Waals surface area (Å²) in [5.74, 6) is -0.961. The third-order valence-electron chi connectivity index (χ3n) is 3.00. The Hall–Kier alpha value is -2.49. The van der Waals surface area contributed by atoms with Crippen LogP contribution >= 0.6 is 0 Å². The minimum Gasteiger partial charge on any atom is -0.346 e. The van der Waals surface area contributed by atoms with Crippen molar-refractivity contribution in [3.8, 4) is 0 Å². The van der Waals surface area contributed by atoms with Crippen molar-refractivity contribution in [2.45, 2.75) is 13.0 Å². The first-order chi connectivity index (χ1) is 10.0. The molecule has 1 N–H and O–H groups in total. The molecule has 0 radical (unpaired) electrons. The summed E-state index contributed by atoms with van der Waals surface area (Å²) in [5.41, 5.74) is 1.42. The molecular formula is C17H15F2NO. The largest absolute Gasteiger partial charge is 0.346 e. The van der Waals surface area contributed by atoms with Crippen LogP contribution in [0.5, 0.6) is 0 Å². The van der Waals surface area contributed by atoms with Gasteiger partial charge in [-0.2, -0.15) is 0 Å². The van der Waals surface area contributed by atoms with E-state index in [1.165, 1.54) is 36.4 Å². The normalized spacial score (nSPS) is 12.3. The van der Waals surface area contributed by atoms with Gasteiger partial charge in [-0.05, 0) is 48.4 Å². The maximum Gasteiger partial charge on any atom is 0.244 e. The van der Waals surface area contributed by atoms with Crippen LogP contribution in [0.3, 0.4) is 0 Å². The lowest BCUT2D eigenvalue weighted by Gasteiger charge is -2.12. The molecule has 0 aromatic heterocycles. The van der Waals surface area contributed by atoms with E-state index in [0.717, 1.165) is 5.56 Å². The van der Waals surface area contributed by atoms with Crippen LogP contribution in [0.4, 0.5) is 8.78 Å². The topological polar surface area (TPSA) is 29.1 Å². The van der Waals surface area contributed by atoms with Crippen LogP contribution in [0, 0.1) is 11.6 Å². The van der Waals surface area contributed by atoms with Crippen molar-refractivity contribution >= 4 is 12.0 Å². The predicted octanol–water partition coefficient (Wildman–Crippen LogP) is 3.86. The highest BCUT2D eigenvalue weighted by Crippen LogP contribution is 2.13. The first kappa shape index (κ1) is 14.9. The predicted molar refractivity (Wildman–Crippen MR) is 78.4 cm³/mol. The van der Waals surface area contributed by atoms with Gasteiger partial charge in [0, 0.05) is 6.08 Å². The summed E-state index contributed by atoms with van der Waals surface area (Å²) < 4.78 is 25.8. The highest BCUT2D eigenvalue weighted by Gasteiger charge is 2.07. The fraction of sp³-hybridized carbons (Fsp3) is 0.118. The lowest BCUT2D eigenvalue weighted by atomic mass is 10.1. The smallest absolute Gasteiger partial charge is 0.244 e. The number of benzene rings is 2. The zero-order valence-electron chi connectivity index (χ0n) is 11.5. The Balaban J connectivity index is 1.96. The van der Waals surface area contributed by atoms with Crippen molar-refractivity contribution in [1.29, 1.82) is 0 Å². The minimum absolute atomic E-state index is 0.241. The molecule has 1 amide bonds. The van der Waals surface area contributed by atoms with Crippen LogP contribution in [0.15, 0.2) is 54.6 Å². The number of amides is 1. The molecule has 0 aliphatic rings. The summed E-state index contributed by atoms with van der Waals surface area (Å²) in [4.78, 5) is 11.8. The van der Waals surface area contributed by atoms with Gasteiger partial charge in [-0.3, -0.25) is 4.79 Å². The molecule has 21 heavy (non-hydrogen) atoms. The fourth-order valence-electron chi connectivity index (χ4n) is 1.88. The van der Waals surface area contributed by atoms with Crippen molar-refractivity contribution in [3.63, 3.8) is 0 Å². The summed E-state index contributed by atoms with van der Waals surface area (Å²) in [6, 6.07) is 11.7. The lowest BCUT2D eigenvalue weighted by Crippen LogP contribution is -2.24. The lowest BCUT2D eigenvalue weighted by molar-refractivity contribution is -0.117. The Labute approximate surface area is 122 Å². The van der Waals surface area contributed by atoms with Gasteiger partial charge in [0.05, 0.1) is 6.04 Å². The van der Waals surface area contributed by atoms with E-state index < -0.39 is 0 Å². The first-order valence-corrected chi connectivity index (χ1v) is 6.54. The number of carbonyl (C=O) groups excluding carboxylic acids is 1. The van der Waals surface area contributed by atoms with Crippen LogP contribution in [0.1, 0.15) is 24.1 Å². The molecule has 0 saturated heterocycles. The number of carbonyl (C=O) groups is 1. The summed E-state index contributed by atoms with van der Waals surface area (Å²) in [6.45, 7) is 1.81. The summed E-state index contributed by atoms with van der Waals surface area (Å²) in [6.07, 6.45) is 2.88. The molecule has 2 nitrogen and oxygen atoms in total. The van der Waals surface area contributed by atoms with Gasteiger partial charge >= 0.3 is 0 Å². The first-order valence-electron chi connectivity index (χ1n) is 6.54. The van der Waals surface area contributed by atoms with Crippen molar-refractivity contribution in [2.24, 2.45) is 0 Å². The van der Waals surface area contributed by atoms with Gasteiger partial charge in [0.25, 0.3) is 0 Å². The van der Waals surface area contributed by atoms with Crippen LogP contribution < -0.4 is 5.32 Å². The van der Waals surface area contributed by atoms with Crippen molar-refractivity contribution in [2.75, 3.05) is 0 Å². The molecule has 4 heteroatoms. The van der Waals surface area contributed by atoms with Gasteiger partial charge in [0.15, 0.2) is 0 Å². The van der Waals surface area contributed by atoms with E-state index in [2.05, 4.69) is 5.32 Å². The molecule has 1 atom stereocenters. The van der Waals surface area contributed by atoms with Crippen LogP contribution in [0.25, 0.3) is 6.08 Å². The molecule has 0 bridgehead atoms. The number of hydrogen-bond donors (Lipinski definition) is 1. The van der Waals surface area contributed by atoms with Crippen molar-refractivity contribution in [3.05, 3.63) is 77.4 Å². The fourth-order valence-corrected chi connectivity index (χ4v) is 1.88. The average molecular weight is 287 g/mol. The zero-order valence-corrected chi connectivity index (χ0v) is 11.5. The van der Waals surface area contributed by atoms with Gasteiger partial charge in [0.2, 0.25) is 5.91 Å². The van der Waals surface area contributed by atoms with Gasteiger partial charge in [-0.15, -0.1) is 0 Å². The maximum atomic E-state index is 13.0. The Kier molecular flexibility index (Phi) is 4.82. The van der Waals surface area contributed by atoms with E-state index in [1.54, 1.807) is 31.2 Å². The molecule has 0 spiro atoms. The number of nitrogens with one attached hydrogen (secondary N) is 1. The molecule has 2 aromatic carbocycles. The highest BCUT2D eigenvalue weighted by atomic mass is 19.1. The molecule has 2 rings (SSSR count). The number of hydrogen-bond acceptors (Lipinski definition) is 1. The van der Waals surface area contributed by atoms with Crippen LogP contribution in [-0.2, 0) is 4.79 Å². The van der Waals surface area contributed by atoms with E-state index in [0.29, 0.717) is 5.56 Å². The zero-order chi connectivity index (χ0) is 15.2. The summed E-state index contributed by atoms with van der Waals surface area (Å²) >= 11 is 0. The van der Waals surface area contributed by atoms with E-state index in [9.17, 15) is 13.6 Å². The Morgan fingerprint density at radius 3 is 2.48 bits per heavy atom. The third kappa shape index (κ3) is 4.53. The molecule has 108 valence electrons. The van der Waals surface area contributed by atoms with Crippen LogP contribution in [-0.4, -0.2) is 5.91 Å². The molecule has 2 aromatic rings. The van der Waals surface area contributed by atoms with Crippen LogP contribution in [0.2, 0.25) is 0 Å². The summed E-state index contributed by atoms with van der Waals surface area (Å²) in [7, 11) is 0. The molecule has 0 aliphatic heterocycles. The van der Waals surface area contributed by atoms with Crippen molar-refractivity contribution in [1.82, 2.24) is 5.32 Å². The molecule has 0 unspecified atom stereocenters. The molecule has 0 saturated carbocycles. The molecule has 0 heterocycles. The quantitative estimate of drug-likeness (QED) is 0.850. The number of rotatable bonds is 4.